The normalized spacial score (nSPS) is 22.2. The molecule has 5 rings (SSSR count). The van der Waals surface area contributed by atoms with Gasteiger partial charge in [-0.25, -0.2) is 0 Å². The van der Waals surface area contributed by atoms with Crippen LogP contribution in [0, 0.1) is 11.8 Å². The molecule has 5 amide bonds. The first-order valence-electron chi connectivity index (χ1n) is 19.6. The number of carbonyl (C=O) groups is 5. The van der Waals surface area contributed by atoms with Gasteiger partial charge in [-0.05, 0) is 66.1 Å². The first kappa shape index (κ1) is 42.4. The summed E-state index contributed by atoms with van der Waals surface area (Å²) in [7, 11) is 1.56. The lowest BCUT2D eigenvalue weighted by Gasteiger charge is -2.32. The molecule has 304 valence electrons. The number of ether oxygens (including phenoxy) is 1. The van der Waals surface area contributed by atoms with E-state index in [0.717, 1.165) is 27.6 Å². The van der Waals surface area contributed by atoms with E-state index in [9.17, 15) is 24.0 Å². The molecule has 3 heterocycles. The Hall–Kier alpha value is -5.76. The fourth-order valence-electron chi connectivity index (χ4n) is 6.95. The molecule has 2 aromatic carbocycles. The van der Waals surface area contributed by atoms with Crippen molar-refractivity contribution in [1.29, 1.82) is 0 Å². The summed E-state index contributed by atoms with van der Waals surface area (Å²) in [6, 6.07) is 14.0. The summed E-state index contributed by atoms with van der Waals surface area (Å²) in [6.45, 7) is 9.93. The van der Waals surface area contributed by atoms with E-state index in [0.29, 0.717) is 12.3 Å². The molecule has 0 saturated carbocycles. The van der Waals surface area contributed by atoms with Crippen LogP contribution >= 0.6 is 0 Å². The van der Waals surface area contributed by atoms with Crippen LogP contribution in [0.15, 0.2) is 79.3 Å². The Kier molecular flexibility index (Phi) is 14.8. The van der Waals surface area contributed by atoms with Crippen molar-refractivity contribution in [2.45, 2.75) is 90.6 Å². The van der Waals surface area contributed by atoms with Gasteiger partial charge in [0.05, 0.1) is 13.7 Å². The second-order valence-corrected chi connectivity index (χ2v) is 15.6. The largest absolute Gasteiger partial charge is 0.497 e. The molecule has 14 nitrogen and oxygen atoms in total. The number of nitrogens with one attached hydrogen (secondary N) is 6. The van der Waals surface area contributed by atoms with Crippen LogP contribution in [-0.4, -0.2) is 94.8 Å². The van der Waals surface area contributed by atoms with Crippen LogP contribution in [0.5, 0.6) is 5.75 Å². The number of benzene rings is 2. The molecule has 4 aromatic rings. The van der Waals surface area contributed by atoms with Gasteiger partial charge in [-0.3, -0.25) is 33.9 Å². The molecule has 0 aliphatic carbocycles. The molecule has 6 N–H and O–H groups in total. The number of methoxy groups -OCH3 is 1. The molecule has 1 saturated heterocycles. The molecule has 0 spiro atoms. The van der Waals surface area contributed by atoms with Gasteiger partial charge in [-0.2, -0.15) is 0 Å². The highest BCUT2D eigenvalue weighted by Gasteiger charge is 2.33. The summed E-state index contributed by atoms with van der Waals surface area (Å²) in [6.07, 6.45) is 5.73. The number of hydrogen-bond donors (Lipinski definition) is 6. The van der Waals surface area contributed by atoms with Crippen molar-refractivity contribution in [3.63, 3.8) is 0 Å². The minimum absolute atomic E-state index is 0.0203. The molecule has 5 atom stereocenters. The van der Waals surface area contributed by atoms with Gasteiger partial charge in [-0.1, -0.05) is 64.1 Å². The Balaban J connectivity index is 1.52. The maximum absolute atomic E-state index is 14.4. The molecular formula is C43H56N8O6. The predicted octanol–water partition coefficient (Wildman–Crippen LogP) is 3.02. The maximum atomic E-state index is 14.4. The molecule has 0 unspecified atom stereocenters. The molecule has 0 bridgehead atoms. The summed E-state index contributed by atoms with van der Waals surface area (Å²) < 4.78 is 5.30. The van der Waals surface area contributed by atoms with E-state index in [4.69, 9.17) is 4.74 Å². The Morgan fingerprint density at radius 2 is 1.44 bits per heavy atom. The van der Waals surface area contributed by atoms with Crippen LogP contribution in [-0.2, 0) is 43.4 Å². The van der Waals surface area contributed by atoms with Gasteiger partial charge in [0.25, 0.3) is 0 Å². The maximum Gasteiger partial charge on any atom is 0.243 e. The number of H-pyrrole nitrogens is 1. The van der Waals surface area contributed by atoms with E-state index in [-0.39, 0.29) is 44.2 Å². The van der Waals surface area contributed by atoms with E-state index in [1.165, 1.54) is 0 Å². The third kappa shape index (κ3) is 12.1. The Labute approximate surface area is 334 Å². The zero-order valence-electron chi connectivity index (χ0n) is 33.6. The predicted molar refractivity (Wildman–Crippen MR) is 218 cm³/mol. The van der Waals surface area contributed by atoms with E-state index in [1.54, 1.807) is 50.7 Å². The number of hydrogen-bond acceptors (Lipinski definition) is 8. The van der Waals surface area contributed by atoms with E-state index >= 15 is 0 Å². The van der Waals surface area contributed by atoms with Crippen molar-refractivity contribution in [2.75, 3.05) is 20.2 Å². The summed E-state index contributed by atoms with van der Waals surface area (Å²) in [5.74, 6) is -1.91. The van der Waals surface area contributed by atoms with Gasteiger partial charge in [0.15, 0.2) is 0 Å². The number of amides is 5. The monoisotopic (exact) mass is 780 g/mol. The molecule has 2 aromatic heterocycles. The lowest BCUT2D eigenvalue weighted by molar-refractivity contribution is -0.135. The third-order valence-corrected chi connectivity index (χ3v) is 10.2. The number of para-hydroxylation sites is 1. The molecular weight excluding hydrogens is 725 g/mol. The van der Waals surface area contributed by atoms with Crippen LogP contribution in [0.2, 0.25) is 0 Å². The zero-order valence-corrected chi connectivity index (χ0v) is 33.6. The number of pyridine rings is 1. The number of carbonyl (C=O) groups excluding carboxylic acids is 5. The topological polar surface area (TPSA) is 187 Å². The van der Waals surface area contributed by atoms with Crippen LogP contribution < -0.4 is 31.3 Å². The SMILES string of the molecule is COc1ccc(C[C@@H]2NC(=O)[C@H](CC(C)C)NC(=O)[C@@H](Cc3c[nH]c4ccccc34)NC(=O)CN(Cc3cccnc3)C[C@H](C(C)C)NC(=O)[C@@H](C)NC2=O)cc1. The van der Waals surface area contributed by atoms with Crippen molar-refractivity contribution in [1.82, 2.24) is 41.5 Å². The van der Waals surface area contributed by atoms with E-state index in [2.05, 4.69) is 36.6 Å². The van der Waals surface area contributed by atoms with Gasteiger partial charge < -0.3 is 36.3 Å². The first-order valence-corrected chi connectivity index (χ1v) is 19.6. The molecule has 1 aliphatic heterocycles. The van der Waals surface area contributed by atoms with Gasteiger partial charge >= 0.3 is 0 Å². The van der Waals surface area contributed by atoms with Crippen molar-refractivity contribution in [2.24, 2.45) is 11.8 Å². The highest BCUT2D eigenvalue weighted by atomic mass is 16.5. The number of aromatic nitrogens is 2. The molecule has 1 aliphatic rings. The molecule has 57 heavy (non-hydrogen) atoms. The summed E-state index contributed by atoms with van der Waals surface area (Å²) in [5.41, 5.74) is 3.31. The third-order valence-electron chi connectivity index (χ3n) is 10.2. The standard InChI is InChI=1S/C43H56N8O6/c1-26(2)18-35-42(55)49-36(19-29-13-15-32(57-6)16-14-29)41(54)46-28(5)40(53)50-38(27(3)4)24-51(23-30-10-9-17-44-21-30)25-39(52)47-37(43(56)48-35)20-31-22-45-34-12-8-7-11-33(31)34/h7-17,21-22,26-28,35-38,45H,18-20,23-25H2,1-6H3,(H,46,54)(H,47,52)(H,48,56)(H,49,55)(H,50,53)/t28-,35+,36+,37-,38-/m1/s1. The van der Waals surface area contributed by atoms with Crippen LogP contribution in [0.4, 0.5) is 0 Å². The summed E-state index contributed by atoms with van der Waals surface area (Å²) >= 11 is 0. The van der Waals surface area contributed by atoms with Gasteiger partial charge in [0.1, 0.15) is 29.9 Å². The van der Waals surface area contributed by atoms with Crippen molar-refractivity contribution in [3.8, 4) is 5.75 Å². The van der Waals surface area contributed by atoms with Crippen molar-refractivity contribution >= 4 is 40.4 Å². The van der Waals surface area contributed by atoms with Gasteiger partial charge in [0.2, 0.25) is 29.5 Å². The lowest BCUT2D eigenvalue weighted by Crippen LogP contribution is -2.60. The van der Waals surface area contributed by atoms with Crippen molar-refractivity contribution in [3.05, 3.63) is 95.9 Å². The second kappa shape index (κ2) is 19.9. The average Bonchev–Trinajstić information content (AvgIpc) is 3.59. The molecule has 0 radical (unpaired) electrons. The number of rotatable bonds is 10. The van der Waals surface area contributed by atoms with Crippen LogP contribution in [0.1, 0.15) is 57.7 Å². The summed E-state index contributed by atoms with van der Waals surface area (Å²) in [5, 5.41) is 15.6. The average molecular weight is 781 g/mol. The quantitative estimate of drug-likeness (QED) is 0.142. The zero-order chi connectivity index (χ0) is 41.1. The van der Waals surface area contributed by atoms with Gasteiger partial charge in [-0.15, -0.1) is 0 Å². The minimum atomic E-state index is -1.09. The number of fused-ring (bicyclic) bond motifs is 1. The lowest BCUT2D eigenvalue weighted by atomic mass is 9.99. The van der Waals surface area contributed by atoms with Crippen molar-refractivity contribution < 1.29 is 28.7 Å². The number of aromatic amines is 1. The number of nitrogens with zero attached hydrogens (tertiary/aromatic N) is 2. The van der Waals surface area contributed by atoms with Crippen LogP contribution in [0.3, 0.4) is 0 Å². The Morgan fingerprint density at radius 1 is 0.754 bits per heavy atom. The molecule has 14 heteroatoms. The fraction of sp³-hybridized carbons (Fsp3) is 0.442. The van der Waals surface area contributed by atoms with E-state index in [1.807, 2.05) is 75.2 Å². The highest BCUT2D eigenvalue weighted by Crippen LogP contribution is 2.20. The fourth-order valence-corrected chi connectivity index (χ4v) is 6.95. The highest BCUT2D eigenvalue weighted by molar-refractivity contribution is 5.96. The van der Waals surface area contributed by atoms with Crippen LogP contribution in [0.25, 0.3) is 10.9 Å². The van der Waals surface area contributed by atoms with Gasteiger partial charge in [0, 0.05) is 61.5 Å². The second-order valence-electron chi connectivity index (χ2n) is 15.6. The smallest absolute Gasteiger partial charge is 0.243 e. The molecule has 1 fully saturated rings. The first-order chi connectivity index (χ1) is 27.3. The Bertz CT molecular complexity index is 1980. The summed E-state index contributed by atoms with van der Waals surface area (Å²) in [4.78, 5) is 79.7. The Morgan fingerprint density at radius 3 is 2.12 bits per heavy atom. The van der Waals surface area contributed by atoms with E-state index < -0.39 is 59.7 Å². The minimum Gasteiger partial charge on any atom is -0.497 e.